The van der Waals surface area contributed by atoms with Gasteiger partial charge in [-0.25, -0.2) is 4.98 Å². The molecule has 0 unspecified atom stereocenters. The van der Waals surface area contributed by atoms with Crippen molar-refractivity contribution in [3.63, 3.8) is 0 Å². The van der Waals surface area contributed by atoms with Gasteiger partial charge in [0.1, 0.15) is 0 Å². The molecule has 1 N–H and O–H groups in total. The maximum Gasteiger partial charge on any atom is 0.183 e. The fourth-order valence-electron chi connectivity index (χ4n) is 2.45. The van der Waals surface area contributed by atoms with E-state index in [0.717, 1.165) is 26.9 Å². The van der Waals surface area contributed by atoms with E-state index in [9.17, 15) is 0 Å². The molecule has 0 saturated heterocycles. The topological polar surface area (TPSA) is 24.9 Å². The molecule has 0 saturated carbocycles. The monoisotopic (exact) mass is 324 g/mol. The molecule has 0 aliphatic carbocycles. The van der Waals surface area contributed by atoms with Gasteiger partial charge in [-0.2, -0.15) is 0 Å². The third kappa shape index (κ3) is 5.48. The molecule has 2 nitrogen and oxygen atoms in total. The van der Waals surface area contributed by atoms with Crippen LogP contribution in [0.3, 0.4) is 0 Å². The van der Waals surface area contributed by atoms with E-state index in [4.69, 9.17) is 11.6 Å². The molecular formula is C17H25ClN2S. The van der Waals surface area contributed by atoms with E-state index in [1.54, 1.807) is 11.3 Å². The summed E-state index contributed by atoms with van der Waals surface area (Å²) >= 11 is 7.81. The Morgan fingerprint density at radius 2 is 1.76 bits per heavy atom. The van der Waals surface area contributed by atoms with Crippen LogP contribution in [0, 0.1) is 0 Å². The summed E-state index contributed by atoms with van der Waals surface area (Å²) in [6, 6.07) is 5.89. The van der Waals surface area contributed by atoms with Gasteiger partial charge in [-0.1, -0.05) is 80.9 Å². The Balaban J connectivity index is 1.61. The molecule has 2 aromatic rings. The highest BCUT2D eigenvalue weighted by Gasteiger charge is 2.05. The zero-order chi connectivity index (χ0) is 14.9. The maximum atomic E-state index is 6.17. The SMILES string of the molecule is CCCCCCCCCCNc1nc2cccc(Cl)c2s1. The van der Waals surface area contributed by atoms with Crippen LogP contribution in [0.5, 0.6) is 0 Å². The summed E-state index contributed by atoms with van der Waals surface area (Å²) in [7, 11) is 0. The number of hydrogen-bond donors (Lipinski definition) is 1. The summed E-state index contributed by atoms with van der Waals surface area (Å²) in [4.78, 5) is 4.56. The van der Waals surface area contributed by atoms with Crippen molar-refractivity contribution >= 4 is 38.3 Å². The number of nitrogens with one attached hydrogen (secondary N) is 1. The van der Waals surface area contributed by atoms with Gasteiger partial charge in [0.15, 0.2) is 5.13 Å². The molecule has 1 aromatic heterocycles. The molecule has 0 amide bonds. The number of benzene rings is 1. The molecule has 0 aliphatic heterocycles. The largest absolute Gasteiger partial charge is 0.361 e. The molecule has 1 heterocycles. The molecule has 1 aromatic carbocycles. The molecule has 0 atom stereocenters. The van der Waals surface area contributed by atoms with E-state index >= 15 is 0 Å². The minimum Gasteiger partial charge on any atom is -0.361 e. The van der Waals surface area contributed by atoms with Crippen molar-refractivity contribution in [3.05, 3.63) is 23.2 Å². The van der Waals surface area contributed by atoms with Crippen LogP contribution in [-0.2, 0) is 0 Å². The smallest absolute Gasteiger partial charge is 0.183 e. The Kier molecular flexibility index (Phi) is 7.31. The van der Waals surface area contributed by atoms with Gasteiger partial charge in [-0.05, 0) is 18.6 Å². The van der Waals surface area contributed by atoms with Crippen LogP contribution in [0.2, 0.25) is 5.02 Å². The number of halogens is 1. The predicted molar refractivity (Wildman–Crippen MR) is 95.7 cm³/mol. The van der Waals surface area contributed by atoms with Gasteiger partial charge in [0.2, 0.25) is 0 Å². The van der Waals surface area contributed by atoms with E-state index in [2.05, 4.69) is 17.2 Å². The zero-order valence-corrected chi connectivity index (χ0v) is 14.4. The maximum absolute atomic E-state index is 6.17. The van der Waals surface area contributed by atoms with E-state index in [0.29, 0.717) is 0 Å². The molecule has 21 heavy (non-hydrogen) atoms. The lowest BCUT2D eigenvalue weighted by atomic mass is 10.1. The first-order chi connectivity index (χ1) is 10.3. The molecular weight excluding hydrogens is 300 g/mol. The normalized spacial score (nSPS) is 11.1. The molecule has 116 valence electrons. The molecule has 0 radical (unpaired) electrons. The molecule has 4 heteroatoms. The van der Waals surface area contributed by atoms with Crippen molar-refractivity contribution in [1.29, 1.82) is 0 Å². The van der Waals surface area contributed by atoms with Crippen molar-refractivity contribution in [2.24, 2.45) is 0 Å². The lowest BCUT2D eigenvalue weighted by Crippen LogP contribution is -2.00. The van der Waals surface area contributed by atoms with Crippen LogP contribution in [0.1, 0.15) is 58.3 Å². The first kappa shape index (κ1) is 16.6. The number of rotatable bonds is 10. The first-order valence-corrected chi connectivity index (χ1v) is 9.29. The number of aromatic nitrogens is 1. The van der Waals surface area contributed by atoms with Crippen molar-refractivity contribution in [3.8, 4) is 0 Å². The number of hydrogen-bond acceptors (Lipinski definition) is 3. The molecule has 2 rings (SSSR count). The first-order valence-electron chi connectivity index (χ1n) is 8.10. The van der Waals surface area contributed by atoms with Crippen LogP contribution in [0.15, 0.2) is 18.2 Å². The Bertz CT molecular complexity index is 539. The Morgan fingerprint density at radius 1 is 1.05 bits per heavy atom. The predicted octanol–water partition coefficient (Wildman–Crippen LogP) is 6.50. The van der Waals surface area contributed by atoms with E-state index in [1.807, 2.05) is 18.2 Å². The molecule has 0 spiro atoms. The summed E-state index contributed by atoms with van der Waals surface area (Å²) in [5.74, 6) is 0. The Morgan fingerprint density at radius 3 is 2.48 bits per heavy atom. The second-order valence-corrected chi connectivity index (χ2v) is 6.92. The second-order valence-electron chi connectivity index (χ2n) is 5.51. The molecule has 0 bridgehead atoms. The van der Waals surface area contributed by atoms with Crippen molar-refractivity contribution in [1.82, 2.24) is 4.98 Å². The molecule has 0 aliphatic rings. The number of anilines is 1. The van der Waals surface area contributed by atoms with E-state index < -0.39 is 0 Å². The molecule has 0 fully saturated rings. The number of nitrogens with zero attached hydrogens (tertiary/aromatic N) is 1. The van der Waals surface area contributed by atoms with E-state index in [-0.39, 0.29) is 0 Å². The van der Waals surface area contributed by atoms with E-state index in [1.165, 1.54) is 51.4 Å². The summed E-state index contributed by atoms with van der Waals surface area (Å²) in [5, 5.41) is 5.20. The van der Waals surface area contributed by atoms with Gasteiger partial charge in [-0.15, -0.1) is 0 Å². The fourth-order valence-corrected chi connectivity index (χ4v) is 3.63. The van der Waals surface area contributed by atoms with Crippen LogP contribution >= 0.6 is 22.9 Å². The summed E-state index contributed by atoms with van der Waals surface area (Å²) in [6.45, 7) is 3.27. The van der Waals surface area contributed by atoms with Gasteiger partial charge < -0.3 is 5.32 Å². The minimum absolute atomic E-state index is 0.796. The van der Waals surface area contributed by atoms with Crippen LogP contribution in [-0.4, -0.2) is 11.5 Å². The van der Waals surface area contributed by atoms with Crippen molar-refractivity contribution in [2.75, 3.05) is 11.9 Å². The van der Waals surface area contributed by atoms with Gasteiger partial charge >= 0.3 is 0 Å². The highest BCUT2D eigenvalue weighted by molar-refractivity contribution is 7.22. The standard InChI is InChI=1S/C17H25ClN2S/c1-2-3-4-5-6-7-8-9-13-19-17-20-15-12-10-11-14(18)16(15)21-17/h10-12H,2-9,13H2,1H3,(H,19,20). The van der Waals surface area contributed by atoms with Crippen molar-refractivity contribution < 1.29 is 0 Å². The summed E-state index contributed by atoms with van der Waals surface area (Å²) in [5.41, 5.74) is 0.992. The van der Waals surface area contributed by atoms with Crippen molar-refractivity contribution in [2.45, 2.75) is 58.3 Å². The highest BCUT2D eigenvalue weighted by Crippen LogP contribution is 2.31. The lowest BCUT2D eigenvalue weighted by Gasteiger charge is -2.03. The van der Waals surface area contributed by atoms with Gasteiger partial charge in [0, 0.05) is 6.54 Å². The summed E-state index contributed by atoms with van der Waals surface area (Å²) < 4.78 is 1.08. The second kappa shape index (κ2) is 9.26. The minimum atomic E-state index is 0.796. The highest BCUT2D eigenvalue weighted by atomic mass is 35.5. The lowest BCUT2D eigenvalue weighted by molar-refractivity contribution is 0.581. The quantitative estimate of drug-likeness (QED) is 0.504. The third-order valence-corrected chi connectivity index (χ3v) is 5.16. The van der Waals surface area contributed by atoms with Crippen LogP contribution in [0.25, 0.3) is 10.2 Å². The van der Waals surface area contributed by atoms with Crippen LogP contribution < -0.4 is 5.32 Å². The Hall–Kier alpha value is -0.800. The average Bonchev–Trinajstić information content (AvgIpc) is 2.90. The number of thiazole rings is 1. The fraction of sp³-hybridized carbons (Fsp3) is 0.588. The van der Waals surface area contributed by atoms with Gasteiger partial charge in [-0.3, -0.25) is 0 Å². The van der Waals surface area contributed by atoms with Crippen LogP contribution in [0.4, 0.5) is 5.13 Å². The third-order valence-electron chi connectivity index (χ3n) is 3.67. The number of fused-ring (bicyclic) bond motifs is 1. The van der Waals surface area contributed by atoms with Gasteiger partial charge in [0.05, 0.1) is 15.2 Å². The summed E-state index contributed by atoms with van der Waals surface area (Å²) in [6.07, 6.45) is 10.8. The average molecular weight is 325 g/mol. The number of unbranched alkanes of at least 4 members (excludes halogenated alkanes) is 7. The Labute approximate surface area is 136 Å². The zero-order valence-electron chi connectivity index (χ0n) is 12.8. The van der Waals surface area contributed by atoms with Gasteiger partial charge in [0.25, 0.3) is 0 Å².